The number of hydrogen-bond acceptors (Lipinski definition) is 6. The molecule has 0 radical (unpaired) electrons. The average molecular weight is 441 g/mol. The van der Waals surface area contributed by atoms with Crippen molar-refractivity contribution < 1.29 is 18.0 Å². The Bertz CT molecular complexity index is 1330. The average Bonchev–Trinajstić information content (AvgIpc) is 3.50. The molecule has 164 valence electrons. The van der Waals surface area contributed by atoms with Crippen LogP contribution in [0, 0.1) is 5.92 Å². The molecular formula is C21H18F3N7O. The Balaban J connectivity index is 1.71. The van der Waals surface area contributed by atoms with Gasteiger partial charge in [0.2, 0.25) is 5.95 Å². The molecule has 3 heterocycles. The lowest BCUT2D eigenvalue weighted by Gasteiger charge is -2.34. The second kappa shape index (κ2) is 7.08. The van der Waals surface area contributed by atoms with Gasteiger partial charge >= 0.3 is 6.18 Å². The Morgan fingerprint density at radius 1 is 1.09 bits per heavy atom. The van der Waals surface area contributed by atoms with E-state index in [9.17, 15) is 18.0 Å². The molecule has 8 nitrogen and oxygen atoms in total. The van der Waals surface area contributed by atoms with Gasteiger partial charge in [0.05, 0.1) is 29.2 Å². The fourth-order valence-electron chi connectivity index (χ4n) is 4.10. The lowest BCUT2D eigenvalue weighted by Crippen LogP contribution is -2.45. The summed E-state index contributed by atoms with van der Waals surface area (Å²) in [5, 5.41) is 1.36. The molecule has 0 aliphatic heterocycles. The number of nitrogens with zero attached hydrogens (tertiary/aromatic N) is 4. The summed E-state index contributed by atoms with van der Waals surface area (Å²) in [5.41, 5.74) is 12.7. The van der Waals surface area contributed by atoms with Crippen molar-refractivity contribution in [2.24, 2.45) is 11.7 Å². The number of fused-ring (bicyclic) bond motifs is 3. The van der Waals surface area contributed by atoms with Crippen molar-refractivity contribution in [2.75, 3.05) is 10.6 Å². The van der Waals surface area contributed by atoms with Gasteiger partial charge in [-0.2, -0.15) is 13.2 Å². The molecule has 1 fully saturated rings. The number of H-pyrrole nitrogens is 1. The number of aromatic nitrogens is 4. The van der Waals surface area contributed by atoms with Crippen LogP contribution in [0.25, 0.3) is 21.8 Å². The molecule has 1 saturated carbocycles. The molecule has 1 amide bonds. The van der Waals surface area contributed by atoms with Crippen LogP contribution in [-0.2, 0) is 0 Å². The number of rotatable bonds is 5. The zero-order valence-corrected chi connectivity index (χ0v) is 16.6. The number of primary amides is 1. The Hall–Kier alpha value is -3.89. The summed E-state index contributed by atoms with van der Waals surface area (Å²) >= 11 is 0. The van der Waals surface area contributed by atoms with Gasteiger partial charge in [0.15, 0.2) is 0 Å². The molecule has 1 aliphatic rings. The third kappa shape index (κ3) is 3.35. The lowest BCUT2D eigenvalue weighted by atomic mass is 10.1. The highest BCUT2D eigenvalue weighted by Crippen LogP contribution is 2.47. The fourth-order valence-corrected chi connectivity index (χ4v) is 4.10. The van der Waals surface area contributed by atoms with Crippen LogP contribution in [0.15, 0.2) is 43.0 Å². The van der Waals surface area contributed by atoms with Crippen LogP contribution < -0.4 is 16.4 Å². The SMILES string of the molecule is NC(=O)c1cncc2c1[nH]c1cc(N(c3cnc(N)nc3)C(C3CC3)C(F)(F)F)ccc12. The van der Waals surface area contributed by atoms with Gasteiger partial charge in [0.25, 0.3) is 5.91 Å². The summed E-state index contributed by atoms with van der Waals surface area (Å²) in [7, 11) is 0. The van der Waals surface area contributed by atoms with E-state index in [-0.39, 0.29) is 17.2 Å². The summed E-state index contributed by atoms with van der Waals surface area (Å²) < 4.78 is 42.5. The van der Waals surface area contributed by atoms with E-state index in [1.165, 1.54) is 23.5 Å². The molecule has 1 aliphatic carbocycles. The van der Waals surface area contributed by atoms with Gasteiger partial charge < -0.3 is 21.4 Å². The first-order valence-electron chi connectivity index (χ1n) is 9.87. The Morgan fingerprint density at radius 2 is 1.81 bits per heavy atom. The van der Waals surface area contributed by atoms with Crippen molar-refractivity contribution in [1.29, 1.82) is 0 Å². The molecule has 32 heavy (non-hydrogen) atoms. The van der Waals surface area contributed by atoms with E-state index in [2.05, 4.69) is 19.9 Å². The third-order valence-corrected chi connectivity index (χ3v) is 5.66. The maximum atomic E-state index is 14.2. The van der Waals surface area contributed by atoms with E-state index in [0.29, 0.717) is 40.3 Å². The summed E-state index contributed by atoms with van der Waals surface area (Å²) in [6.07, 6.45) is 2.00. The van der Waals surface area contributed by atoms with Crippen molar-refractivity contribution in [3.63, 3.8) is 0 Å². The number of nitrogen functional groups attached to an aromatic ring is 1. The lowest BCUT2D eigenvalue weighted by molar-refractivity contribution is -0.151. The van der Waals surface area contributed by atoms with Crippen molar-refractivity contribution in [3.05, 3.63) is 48.5 Å². The molecule has 0 saturated heterocycles. The van der Waals surface area contributed by atoms with Gasteiger partial charge in [-0.15, -0.1) is 0 Å². The second-order valence-corrected chi connectivity index (χ2v) is 7.82. The molecule has 5 N–H and O–H groups in total. The van der Waals surface area contributed by atoms with Crippen molar-refractivity contribution in [1.82, 2.24) is 19.9 Å². The van der Waals surface area contributed by atoms with E-state index < -0.39 is 24.0 Å². The normalized spacial score (nSPS) is 15.2. The van der Waals surface area contributed by atoms with Crippen LogP contribution in [0.3, 0.4) is 0 Å². The number of aromatic amines is 1. The first kappa shape index (κ1) is 20.0. The van der Waals surface area contributed by atoms with Gasteiger partial charge in [0.1, 0.15) is 6.04 Å². The Kier molecular flexibility index (Phi) is 4.43. The minimum atomic E-state index is -4.47. The zero-order valence-electron chi connectivity index (χ0n) is 16.6. The van der Waals surface area contributed by atoms with Gasteiger partial charge in [-0.05, 0) is 30.9 Å². The molecule has 4 aromatic rings. The van der Waals surface area contributed by atoms with Crippen LogP contribution in [0.4, 0.5) is 30.5 Å². The predicted molar refractivity (Wildman–Crippen MR) is 113 cm³/mol. The minimum Gasteiger partial charge on any atom is -0.368 e. The first-order chi connectivity index (χ1) is 15.2. The smallest absolute Gasteiger partial charge is 0.368 e. The Labute approximate surface area is 179 Å². The van der Waals surface area contributed by atoms with Crippen LogP contribution >= 0.6 is 0 Å². The van der Waals surface area contributed by atoms with Crippen LogP contribution in [0.1, 0.15) is 23.2 Å². The number of nitrogens with two attached hydrogens (primary N) is 2. The van der Waals surface area contributed by atoms with Gasteiger partial charge in [-0.3, -0.25) is 9.78 Å². The van der Waals surface area contributed by atoms with E-state index in [4.69, 9.17) is 11.5 Å². The number of nitrogens with one attached hydrogen (secondary N) is 1. The monoisotopic (exact) mass is 441 g/mol. The summed E-state index contributed by atoms with van der Waals surface area (Å²) in [6, 6.07) is 3.17. The Morgan fingerprint density at radius 3 is 2.44 bits per heavy atom. The summed E-state index contributed by atoms with van der Waals surface area (Å²) in [4.78, 5) is 27.9. The zero-order chi connectivity index (χ0) is 22.6. The topological polar surface area (TPSA) is 127 Å². The van der Waals surface area contributed by atoms with Crippen molar-refractivity contribution in [3.8, 4) is 0 Å². The maximum Gasteiger partial charge on any atom is 0.409 e. The van der Waals surface area contributed by atoms with Crippen LogP contribution in [-0.4, -0.2) is 38.1 Å². The molecule has 11 heteroatoms. The highest BCUT2D eigenvalue weighted by atomic mass is 19.4. The largest absolute Gasteiger partial charge is 0.409 e. The first-order valence-corrected chi connectivity index (χ1v) is 9.87. The quantitative estimate of drug-likeness (QED) is 0.434. The van der Waals surface area contributed by atoms with Crippen molar-refractivity contribution >= 4 is 45.0 Å². The molecule has 0 spiro atoms. The number of anilines is 3. The highest BCUT2D eigenvalue weighted by molar-refractivity contribution is 6.14. The van der Waals surface area contributed by atoms with Gasteiger partial charge in [-0.1, -0.05) is 6.07 Å². The van der Waals surface area contributed by atoms with E-state index >= 15 is 0 Å². The molecular weight excluding hydrogens is 423 g/mol. The molecule has 3 aromatic heterocycles. The minimum absolute atomic E-state index is 0.0266. The molecule has 1 aromatic carbocycles. The third-order valence-electron chi connectivity index (χ3n) is 5.66. The molecule has 0 bridgehead atoms. The number of pyridine rings is 1. The molecule has 5 rings (SSSR count). The number of hydrogen-bond donors (Lipinski definition) is 3. The number of benzene rings is 1. The van der Waals surface area contributed by atoms with Crippen LogP contribution in [0.2, 0.25) is 0 Å². The number of carbonyl (C=O) groups excluding carboxylic acids is 1. The number of halogens is 3. The summed E-state index contributed by atoms with van der Waals surface area (Å²) in [6.45, 7) is 0. The van der Waals surface area contributed by atoms with E-state index in [0.717, 1.165) is 0 Å². The summed E-state index contributed by atoms with van der Waals surface area (Å²) in [5.74, 6) is -1.21. The molecule has 1 atom stereocenters. The number of amides is 1. The fraction of sp³-hybridized carbons (Fsp3) is 0.238. The number of alkyl halides is 3. The van der Waals surface area contributed by atoms with Gasteiger partial charge in [-0.25, -0.2) is 9.97 Å². The van der Waals surface area contributed by atoms with Crippen LogP contribution in [0.5, 0.6) is 0 Å². The van der Waals surface area contributed by atoms with E-state index in [1.807, 2.05) is 0 Å². The molecule has 1 unspecified atom stereocenters. The predicted octanol–water partition coefficient (Wildman–Crippen LogP) is 3.67. The standard InChI is InChI=1S/C21H18F3N7O/c22-21(23,24)18(10-1-2-10)31(12-6-28-20(26)29-7-12)11-3-4-13-14-8-27-9-15(19(25)32)17(14)30-16(13)5-11/h3-10,18,30H,1-2H2,(H2,25,32)(H2,26,28,29). The highest BCUT2D eigenvalue weighted by Gasteiger charge is 2.52. The number of carbonyl (C=O) groups is 1. The van der Waals surface area contributed by atoms with Gasteiger partial charge in [0, 0.05) is 34.4 Å². The van der Waals surface area contributed by atoms with E-state index in [1.54, 1.807) is 24.4 Å². The maximum absolute atomic E-state index is 14.2. The second-order valence-electron chi connectivity index (χ2n) is 7.82. The van der Waals surface area contributed by atoms with Crippen molar-refractivity contribution in [2.45, 2.75) is 25.1 Å².